The van der Waals surface area contributed by atoms with Crippen LogP contribution in [0.1, 0.15) is 27.2 Å². The largest absolute Gasteiger partial charge is 0.382 e. The molecule has 0 rings (SSSR count). The van der Waals surface area contributed by atoms with Crippen molar-refractivity contribution in [2.24, 2.45) is 17.1 Å². The molecule has 2 unspecified atom stereocenters. The standard InChI is InChI=1S/C13H30N2O2/c1-13(2,3)6-11(7-14)8-15-9-12(17-5)10-16-4/h11-12,15H,6-10,14H2,1-5H3. The summed E-state index contributed by atoms with van der Waals surface area (Å²) in [5.41, 5.74) is 6.12. The molecule has 0 bridgehead atoms. The average molecular weight is 246 g/mol. The number of nitrogens with two attached hydrogens (primary N) is 1. The number of rotatable bonds is 9. The van der Waals surface area contributed by atoms with Gasteiger partial charge in [0.15, 0.2) is 0 Å². The molecule has 0 aromatic rings. The molecule has 0 aromatic heterocycles. The molecule has 104 valence electrons. The van der Waals surface area contributed by atoms with Crippen molar-refractivity contribution in [3.05, 3.63) is 0 Å². The fourth-order valence-electron chi connectivity index (χ4n) is 1.95. The molecule has 0 fully saturated rings. The summed E-state index contributed by atoms with van der Waals surface area (Å²) in [4.78, 5) is 0. The van der Waals surface area contributed by atoms with Gasteiger partial charge >= 0.3 is 0 Å². The first-order valence-corrected chi connectivity index (χ1v) is 6.35. The SMILES string of the molecule is COCC(CNCC(CN)CC(C)(C)C)OC. The van der Waals surface area contributed by atoms with Gasteiger partial charge in [-0.2, -0.15) is 0 Å². The predicted molar refractivity (Wildman–Crippen MR) is 72.2 cm³/mol. The quantitative estimate of drug-likeness (QED) is 0.643. The zero-order chi connectivity index (χ0) is 13.3. The van der Waals surface area contributed by atoms with Crippen molar-refractivity contribution >= 4 is 0 Å². The van der Waals surface area contributed by atoms with Crippen molar-refractivity contribution in [3.8, 4) is 0 Å². The van der Waals surface area contributed by atoms with E-state index in [1.165, 1.54) is 0 Å². The van der Waals surface area contributed by atoms with Crippen LogP contribution in [-0.2, 0) is 9.47 Å². The Kier molecular flexibility index (Phi) is 8.78. The minimum atomic E-state index is 0.119. The normalized spacial score (nSPS) is 15.9. The number of hydrogen-bond acceptors (Lipinski definition) is 4. The molecule has 17 heavy (non-hydrogen) atoms. The van der Waals surface area contributed by atoms with Gasteiger partial charge in [0.1, 0.15) is 0 Å². The Morgan fingerprint density at radius 1 is 1.18 bits per heavy atom. The fourth-order valence-corrected chi connectivity index (χ4v) is 1.95. The zero-order valence-electron chi connectivity index (χ0n) is 12.1. The third-order valence-corrected chi connectivity index (χ3v) is 2.73. The van der Waals surface area contributed by atoms with Gasteiger partial charge in [0, 0.05) is 20.8 Å². The Hall–Kier alpha value is -0.160. The first-order chi connectivity index (χ1) is 7.92. The van der Waals surface area contributed by atoms with Crippen LogP contribution in [-0.4, -0.2) is 46.6 Å². The molecule has 0 heterocycles. The molecule has 0 aliphatic rings. The molecule has 0 saturated heterocycles. The van der Waals surface area contributed by atoms with Gasteiger partial charge in [-0.05, 0) is 30.8 Å². The van der Waals surface area contributed by atoms with Gasteiger partial charge < -0.3 is 20.5 Å². The molecular weight excluding hydrogens is 216 g/mol. The molecule has 4 nitrogen and oxygen atoms in total. The van der Waals surface area contributed by atoms with Crippen LogP contribution in [0.25, 0.3) is 0 Å². The van der Waals surface area contributed by atoms with Crippen LogP contribution in [0.3, 0.4) is 0 Å². The number of ether oxygens (including phenoxy) is 2. The van der Waals surface area contributed by atoms with Crippen molar-refractivity contribution in [2.45, 2.75) is 33.3 Å². The van der Waals surface area contributed by atoms with E-state index < -0.39 is 0 Å². The second-order valence-electron chi connectivity index (χ2n) is 5.84. The van der Waals surface area contributed by atoms with Gasteiger partial charge in [-0.1, -0.05) is 20.8 Å². The Labute approximate surface area is 106 Å². The van der Waals surface area contributed by atoms with Crippen LogP contribution >= 0.6 is 0 Å². The minimum absolute atomic E-state index is 0.119. The van der Waals surface area contributed by atoms with Gasteiger partial charge in [0.2, 0.25) is 0 Å². The minimum Gasteiger partial charge on any atom is -0.382 e. The van der Waals surface area contributed by atoms with Crippen LogP contribution < -0.4 is 11.1 Å². The molecule has 0 aromatic carbocycles. The Morgan fingerprint density at radius 2 is 1.82 bits per heavy atom. The monoisotopic (exact) mass is 246 g/mol. The van der Waals surface area contributed by atoms with E-state index >= 15 is 0 Å². The van der Waals surface area contributed by atoms with Crippen molar-refractivity contribution in [1.29, 1.82) is 0 Å². The molecule has 0 spiro atoms. The molecular formula is C13H30N2O2. The van der Waals surface area contributed by atoms with E-state index in [1.807, 2.05) is 0 Å². The van der Waals surface area contributed by atoms with E-state index in [0.29, 0.717) is 17.9 Å². The number of methoxy groups -OCH3 is 2. The summed E-state index contributed by atoms with van der Waals surface area (Å²) in [6.07, 6.45) is 1.26. The number of nitrogens with one attached hydrogen (secondary N) is 1. The zero-order valence-corrected chi connectivity index (χ0v) is 12.1. The second-order valence-corrected chi connectivity index (χ2v) is 5.84. The summed E-state index contributed by atoms with van der Waals surface area (Å²) >= 11 is 0. The maximum Gasteiger partial charge on any atom is 0.0928 e. The van der Waals surface area contributed by atoms with E-state index in [2.05, 4.69) is 26.1 Å². The molecule has 0 amide bonds. The van der Waals surface area contributed by atoms with E-state index in [9.17, 15) is 0 Å². The van der Waals surface area contributed by atoms with Gasteiger partial charge in [0.05, 0.1) is 12.7 Å². The van der Waals surface area contributed by atoms with E-state index in [4.69, 9.17) is 15.2 Å². The van der Waals surface area contributed by atoms with Crippen molar-refractivity contribution in [2.75, 3.05) is 40.5 Å². The van der Waals surface area contributed by atoms with Crippen molar-refractivity contribution in [1.82, 2.24) is 5.32 Å². The molecule has 2 atom stereocenters. The van der Waals surface area contributed by atoms with E-state index in [0.717, 1.165) is 26.1 Å². The van der Waals surface area contributed by atoms with Crippen molar-refractivity contribution < 1.29 is 9.47 Å². The Balaban J connectivity index is 3.82. The molecule has 0 aliphatic carbocycles. The van der Waals surface area contributed by atoms with Crippen LogP contribution in [0, 0.1) is 11.3 Å². The third-order valence-electron chi connectivity index (χ3n) is 2.73. The molecule has 3 N–H and O–H groups in total. The fraction of sp³-hybridized carbons (Fsp3) is 1.00. The highest BCUT2D eigenvalue weighted by Crippen LogP contribution is 2.23. The van der Waals surface area contributed by atoms with Gasteiger partial charge in [0.25, 0.3) is 0 Å². The van der Waals surface area contributed by atoms with Crippen LogP contribution in [0.5, 0.6) is 0 Å². The second kappa shape index (κ2) is 8.86. The first-order valence-electron chi connectivity index (χ1n) is 6.35. The summed E-state index contributed by atoms with van der Waals surface area (Å²) in [6, 6.07) is 0. The lowest BCUT2D eigenvalue weighted by Gasteiger charge is -2.26. The molecule has 0 radical (unpaired) electrons. The maximum absolute atomic E-state index is 5.79. The summed E-state index contributed by atoms with van der Waals surface area (Å²) in [6.45, 7) is 9.85. The van der Waals surface area contributed by atoms with Crippen molar-refractivity contribution in [3.63, 3.8) is 0 Å². The first kappa shape index (κ1) is 16.8. The smallest absolute Gasteiger partial charge is 0.0928 e. The molecule has 4 heteroatoms. The number of hydrogen-bond donors (Lipinski definition) is 2. The Morgan fingerprint density at radius 3 is 2.24 bits per heavy atom. The topological polar surface area (TPSA) is 56.5 Å². The summed E-state index contributed by atoms with van der Waals surface area (Å²) in [5, 5.41) is 3.41. The van der Waals surface area contributed by atoms with E-state index in [-0.39, 0.29) is 6.10 Å². The van der Waals surface area contributed by atoms with Gasteiger partial charge in [-0.25, -0.2) is 0 Å². The van der Waals surface area contributed by atoms with Crippen LogP contribution in [0.2, 0.25) is 0 Å². The summed E-state index contributed by atoms with van der Waals surface area (Å²) < 4.78 is 10.4. The summed E-state index contributed by atoms with van der Waals surface area (Å²) in [7, 11) is 3.40. The average Bonchev–Trinajstić information content (AvgIpc) is 2.24. The van der Waals surface area contributed by atoms with Gasteiger partial charge in [-0.3, -0.25) is 0 Å². The van der Waals surface area contributed by atoms with Gasteiger partial charge in [-0.15, -0.1) is 0 Å². The van der Waals surface area contributed by atoms with E-state index in [1.54, 1.807) is 14.2 Å². The molecule has 0 saturated carbocycles. The third kappa shape index (κ3) is 9.53. The lowest BCUT2D eigenvalue weighted by atomic mass is 9.84. The highest BCUT2D eigenvalue weighted by molar-refractivity contribution is 4.72. The lowest BCUT2D eigenvalue weighted by Crippen LogP contribution is -2.37. The highest BCUT2D eigenvalue weighted by atomic mass is 16.5. The lowest BCUT2D eigenvalue weighted by molar-refractivity contribution is 0.0283. The predicted octanol–water partition coefficient (Wildman–Crippen LogP) is 1.25. The van der Waals surface area contributed by atoms with Crippen LogP contribution in [0.4, 0.5) is 0 Å². The van der Waals surface area contributed by atoms with Crippen LogP contribution in [0.15, 0.2) is 0 Å². The maximum atomic E-state index is 5.79. The summed E-state index contributed by atoms with van der Waals surface area (Å²) in [5.74, 6) is 0.523. The Bertz CT molecular complexity index is 181. The molecule has 0 aliphatic heterocycles. The highest BCUT2D eigenvalue weighted by Gasteiger charge is 2.17.